The number of nitro benzene ring substituents is 1. The first-order valence-electron chi connectivity index (χ1n) is 8.08. The Labute approximate surface area is 149 Å². The van der Waals surface area contributed by atoms with Crippen molar-refractivity contribution in [1.29, 1.82) is 0 Å². The molecule has 0 saturated carbocycles. The van der Waals surface area contributed by atoms with Crippen molar-refractivity contribution >= 4 is 23.3 Å². The van der Waals surface area contributed by atoms with Crippen LogP contribution in [0.15, 0.2) is 48.5 Å². The Morgan fingerprint density at radius 3 is 2.15 bits per heavy atom. The van der Waals surface area contributed by atoms with E-state index < -0.39 is 10.9 Å². The van der Waals surface area contributed by atoms with Gasteiger partial charge in [0.1, 0.15) is 0 Å². The van der Waals surface area contributed by atoms with E-state index >= 15 is 0 Å². The minimum Gasteiger partial charge on any atom is -0.478 e. The van der Waals surface area contributed by atoms with Crippen LogP contribution in [0.4, 0.5) is 11.4 Å². The summed E-state index contributed by atoms with van der Waals surface area (Å²) in [5, 5.41) is 19.8. The molecule has 134 valence electrons. The Morgan fingerprint density at radius 2 is 1.58 bits per heavy atom. The second kappa shape index (κ2) is 7.22. The molecule has 1 fully saturated rings. The SMILES string of the molecule is O=C(O)c1ccc(C(=O)N2CCN(c3cccc([N+](=O)[O-])c3)CC2)cc1. The summed E-state index contributed by atoms with van der Waals surface area (Å²) in [4.78, 5) is 37.6. The summed E-state index contributed by atoms with van der Waals surface area (Å²) in [7, 11) is 0. The average Bonchev–Trinajstić information content (AvgIpc) is 2.67. The van der Waals surface area contributed by atoms with Gasteiger partial charge in [0.05, 0.1) is 10.5 Å². The highest BCUT2D eigenvalue weighted by Crippen LogP contribution is 2.22. The van der Waals surface area contributed by atoms with Crippen molar-refractivity contribution in [2.24, 2.45) is 0 Å². The molecule has 1 saturated heterocycles. The molecule has 1 aliphatic rings. The number of non-ortho nitro benzene ring substituents is 1. The van der Waals surface area contributed by atoms with Crippen LogP contribution < -0.4 is 4.90 Å². The number of hydrogen-bond acceptors (Lipinski definition) is 5. The zero-order valence-electron chi connectivity index (χ0n) is 13.9. The Hall–Kier alpha value is -3.42. The molecule has 8 nitrogen and oxygen atoms in total. The maximum absolute atomic E-state index is 12.5. The quantitative estimate of drug-likeness (QED) is 0.666. The zero-order chi connectivity index (χ0) is 18.7. The van der Waals surface area contributed by atoms with E-state index in [0.29, 0.717) is 31.7 Å². The fourth-order valence-corrected chi connectivity index (χ4v) is 2.91. The number of benzene rings is 2. The molecule has 1 amide bonds. The average molecular weight is 355 g/mol. The van der Waals surface area contributed by atoms with Crippen molar-refractivity contribution in [2.45, 2.75) is 0 Å². The van der Waals surface area contributed by atoms with E-state index in [-0.39, 0.29) is 17.2 Å². The number of aromatic carboxylic acids is 1. The normalized spacial score (nSPS) is 14.2. The van der Waals surface area contributed by atoms with Crippen LogP contribution in [-0.4, -0.2) is 53.0 Å². The summed E-state index contributed by atoms with van der Waals surface area (Å²) in [6.45, 7) is 2.12. The molecule has 0 unspecified atom stereocenters. The van der Waals surface area contributed by atoms with Crippen LogP contribution in [0.5, 0.6) is 0 Å². The van der Waals surface area contributed by atoms with Gasteiger partial charge >= 0.3 is 5.97 Å². The summed E-state index contributed by atoms with van der Waals surface area (Å²) in [6, 6.07) is 12.3. The highest BCUT2D eigenvalue weighted by molar-refractivity contribution is 5.96. The van der Waals surface area contributed by atoms with Gasteiger partial charge in [-0.1, -0.05) is 6.07 Å². The third kappa shape index (κ3) is 3.64. The first-order chi connectivity index (χ1) is 12.5. The van der Waals surface area contributed by atoms with E-state index in [1.54, 1.807) is 11.0 Å². The van der Waals surface area contributed by atoms with Gasteiger partial charge in [-0.25, -0.2) is 4.79 Å². The van der Waals surface area contributed by atoms with E-state index in [4.69, 9.17) is 5.11 Å². The molecule has 1 aliphatic heterocycles. The molecule has 1 heterocycles. The maximum Gasteiger partial charge on any atom is 0.335 e. The number of piperazine rings is 1. The first-order valence-corrected chi connectivity index (χ1v) is 8.08. The molecule has 0 aliphatic carbocycles. The van der Waals surface area contributed by atoms with E-state index in [1.807, 2.05) is 11.0 Å². The second-order valence-corrected chi connectivity index (χ2v) is 5.94. The van der Waals surface area contributed by atoms with Crippen molar-refractivity contribution in [3.63, 3.8) is 0 Å². The van der Waals surface area contributed by atoms with Gasteiger partial charge in [-0.2, -0.15) is 0 Å². The van der Waals surface area contributed by atoms with Crippen molar-refractivity contribution in [3.05, 3.63) is 69.8 Å². The number of carbonyl (C=O) groups excluding carboxylic acids is 1. The number of hydrogen-bond donors (Lipinski definition) is 1. The highest BCUT2D eigenvalue weighted by Gasteiger charge is 2.23. The van der Waals surface area contributed by atoms with Gasteiger partial charge in [-0.15, -0.1) is 0 Å². The summed E-state index contributed by atoms with van der Waals surface area (Å²) < 4.78 is 0. The van der Waals surface area contributed by atoms with E-state index in [9.17, 15) is 19.7 Å². The van der Waals surface area contributed by atoms with Crippen LogP contribution >= 0.6 is 0 Å². The molecule has 0 atom stereocenters. The molecular weight excluding hydrogens is 338 g/mol. The van der Waals surface area contributed by atoms with Crippen LogP contribution in [0.3, 0.4) is 0 Å². The highest BCUT2D eigenvalue weighted by atomic mass is 16.6. The fraction of sp³-hybridized carbons (Fsp3) is 0.222. The van der Waals surface area contributed by atoms with Crippen molar-refractivity contribution < 1.29 is 19.6 Å². The van der Waals surface area contributed by atoms with Gasteiger partial charge in [0.2, 0.25) is 0 Å². The number of carbonyl (C=O) groups is 2. The topological polar surface area (TPSA) is 104 Å². The van der Waals surface area contributed by atoms with Gasteiger partial charge in [0, 0.05) is 49.6 Å². The molecule has 2 aromatic rings. The second-order valence-electron chi connectivity index (χ2n) is 5.94. The van der Waals surface area contributed by atoms with Gasteiger partial charge in [0.25, 0.3) is 11.6 Å². The van der Waals surface area contributed by atoms with E-state index in [2.05, 4.69) is 0 Å². The third-order valence-electron chi connectivity index (χ3n) is 4.35. The largest absolute Gasteiger partial charge is 0.478 e. The van der Waals surface area contributed by atoms with Crippen LogP contribution in [0.2, 0.25) is 0 Å². The smallest absolute Gasteiger partial charge is 0.335 e. The number of carboxylic acids is 1. The zero-order valence-corrected chi connectivity index (χ0v) is 13.9. The van der Waals surface area contributed by atoms with Crippen LogP contribution in [-0.2, 0) is 0 Å². The lowest BCUT2D eigenvalue weighted by atomic mass is 10.1. The first kappa shape index (κ1) is 17.4. The Balaban J connectivity index is 1.64. The Morgan fingerprint density at radius 1 is 0.962 bits per heavy atom. The molecule has 26 heavy (non-hydrogen) atoms. The molecule has 0 spiro atoms. The minimum absolute atomic E-state index is 0.0412. The summed E-state index contributed by atoms with van der Waals surface area (Å²) in [6.07, 6.45) is 0. The van der Waals surface area contributed by atoms with Crippen LogP contribution in [0.1, 0.15) is 20.7 Å². The summed E-state index contributed by atoms with van der Waals surface area (Å²) in [5.74, 6) is -1.19. The number of carboxylic acid groups (broad SMARTS) is 1. The summed E-state index contributed by atoms with van der Waals surface area (Å²) in [5.41, 5.74) is 1.38. The Kier molecular flexibility index (Phi) is 4.83. The Bertz CT molecular complexity index is 842. The van der Waals surface area contributed by atoms with Crippen LogP contribution in [0.25, 0.3) is 0 Å². The minimum atomic E-state index is -1.03. The third-order valence-corrected chi connectivity index (χ3v) is 4.35. The number of nitrogens with zero attached hydrogens (tertiary/aromatic N) is 3. The molecule has 0 radical (unpaired) electrons. The monoisotopic (exact) mass is 355 g/mol. The molecule has 3 rings (SSSR count). The fourth-order valence-electron chi connectivity index (χ4n) is 2.91. The van der Waals surface area contributed by atoms with Gasteiger partial charge < -0.3 is 14.9 Å². The number of amides is 1. The molecule has 2 aromatic carbocycles. The molecule has 1 N–H and O–H groups in total. The molecule has 0 bridgehead atoms. The van der Waals surface area contributed by atoms with Gasteiger partial charge in [0.15, 0.2) is 0 Å². The van der Waals surface area contributed by atoms with Crippen molar-refractivity contribution in [2.75, 3.05) is 31.1 Å². The van der Waals surface area contributed by atoms with Gasteiger partial charge in [-0.3, -0.25) is 14.9 Å². The standard InChI is InChI=1S/C18H17N3O5/c22-17(13-4-6-14(7-5-13)18(23)24)20-10-8-19(9-11-20)15-2-1-3-16(12-15)21(25)26/h1-7,12H,8-11H2,(H,23,24). The predicted octanol–water partition coefficient (Wildman–Crippen LogP) is 2.26. The molecule has 8 heteroatoms. The van der Waals surface area contributed by atoms with Crippen LogP contribution in [0, 0.1) is 10.1 Å². The number of rotatable bonds is 4. The lowest BCUT2D eigenvalue weighted by Crippen LogP contribution is -2.48. The number of nitro groups is 1. The molecule has 0 aromatic heterocycles. The lowest BCUT2D eigenvalue weighted by Gasteiger charge is -2.36. The summed E-state index contributed by atoms with van der Waals surface area (Å²) >= 11 is 0. The van der Waals surface area contributed by atoms with Gasteiger partial charge in [-0.05, 0) is 30.3 Å². The van der Waals surface area contributed by atoms with Crippen molar-refractivity contribution in [3.8, 4) is 0 Å². The molecular formula is C18H17N3O5. The number of anilines is 1. The van der Waals surface area contributed by atoms with E-state index in [0.717, 1.165) is 5.69 Å². The maximum atomic E-state index is 12.5. The lowest BCUT2D eigenvalue weighted by molar-refractivity contribution is -0.384. The predicted molar refractivity (Wildman–Crippen MR) is 94.6 cm³/mol. The van der Waals surface area contributed by atoms with Crippen molar-refractivity contribution in [1.82, 2.24) is 4.90 Å². The van der Waals surface area contributed by atoms with E-state index in [1.165, 1.54) is 36.4 Å².